The van der Waals surface area contributed by atoms with Gasteiger partial charge in [-0.3, -0.25) is 19.2 Å². The molecule has 6 atom stereocenters. The second kappa shape index (κ2) is 15.0. The molecule has 6 N–H and O–H groups in total. The molecule has 6 aromatic rings. The number of rotatable bonds is 8. The van der Waals surface area contributed by atoms with Crippen molar-refractivity contribution in [1.82, 2.24) is 20.6 Å². The van der Waals surface area contributed by atoms with E-state index < -0.39 is 23.8 Å². The lowest BCUT2D eigenvalue weighted by molar-refractivity contribution is -0.143. The summed E-state index contributed by atoms with van der Waals surface area (Å²) in [5.74, 6) is -3.94. The van der Waals surface area contributed by atoms with Crippen LogP contribution in [0.25, 0.3) is 21.8 Å². The predicted octanol–water partition coefficient (Wildman–Crippen LogP) is 7.96. The number of carboxylic acid groups (broad SMARTS) is 2. The number of hydrogen-bond acceptors (Lipinski definition) is 4. The molecule has 54 heavy (non-hydrogen) atoms. The van der Waals surface area contributed by atoms with Crippen LogP contribution in [0.4, 0.5) is 0 Å². The van der Waals surface area contributed by atoms with E-state index in [1.807, 2.05) is 60.7 Å². The number of hydrogen-bond donors (Lipinski definition) is 6. The average Bonchev–Trinajstić information content (AvgIpc) is 3.93. The van der Waals surface area contributed by atoms with E-state index >= 15 is 0 Å². The van der Waals surface area contributed by atoms with Crippen molar-refractivity contribution in [2.45, 2.75) is 50.6 Å². The van der Waals surface area contributed by atoms with E-state index in [0.29, 0.717) is 34.3 Å². The molecule has 2 heterocycles. The highest BCUT2D eigenvalue weighted by molar-refractivity contribution is 6.31. The van der Waals surface area contributed by atoms with Crippen LogP contribution in [0.3, 0.4) is 0 Å². The fourth-order valence-electron chi connectivity index (χ4n) is 8.02. The fraction of sp³-hybridized carbons (Fsp3) is 0.238. The second-order valence-electron chi connectivity index (χ2n) is 14.1. The van der Waals surface area contributed by atoms with Gasteiger partial charge in [-0.05, 0) is 83.6 Å². The number of carboxylic acids is 2. The monoisotopic (exact) mass is 764 g/mol. The number of aromatic amines is 2. The van der Waals surface area contributed by atoms with Crippen molar-refractivity contribution in [3.63, 3.8) is 0 Å². The first kappa shape index (κ1) is 36.8. The summed E-state index contributed by atoms with van der Waals surface area (Å²) in [5.41, 5.74) is 6.70. The lowest BCUT2D eigenvalue weighted by atomic mass is 9.86. The molecule has 2 aromatic heterocycles. The van der Waals surface area contributed by atoms with Crippen LogP contribution in [0, 0.1) is 11.8 Å². The summed E-state index contributed by atoms with van der Waals surface area (Å²) in [5, 5.41) is 28.1. The van der Waals surface area contributed by atoms with Gasteiger partial charge in [0.05, 0.1) is 11.8 Å². The summed E-state index contributed by atoms with van der Waals surface area (Å²) in [6, 6.07) is 29.3. The molecule has 12 heteroatoms. The Balaban J connectivity index is 0.000000167. The summed E-state index contributed by atoms with van der Waals surface area (Å²) >= 11 is 12.0. The SMILES string of the molecule is CC(C(=O)O)[C@@H]1c2ccccc2C[C@H]1NC(=O)c1cc2cc(Cl)ccc2[nH]1.CC(C(=O)O)[C@@H]1c2ccccc2C[C@H]1NC(=O)c1cc2cc(Cl)ccc2[nH]1. The Morgan fingerprint density at radius 1 is 0.611 bits per heavy atom. The van der Waals surface area contributed by atoms with Gasteiger partial charge in [0.15, 0.2) is 0 Å². The summed E-state index contributed by atoms with van der Waals surface area (Å²) < 4.78 is 0. The van der Waals surface area contributed by atoms with Crippen LogP contribution >= 0.6 is 23.2 Å². The van der Waals surface area contributed by atoms with Crippen molar-refractivity contribution in [1.29, 1.82) is 0 Å². The van der Waals surface area contributed by atoms with Crippen molar-refractivity contribution < 1.29 is 29.4 Å². The fourth-order valence-corrected chi connectivity index (χ4v) is 8.38. The van der Waals surface area contributed by atoms with Gasteiger partial charge >= 0.3 is 11.9 Å². The molecular weight excluding hydrogens is 727 g/mol. The van der Waals surface area contributed by atoms with Crippen LogP contribution in [-0.4, -0.2) is 56.0 Å². The molecule has 2 aliphatic carbocycles. The predicted molar refractivity (Wildman–Crippen MR) is 208 cm³/mol. The largest absolute Gasteiger partial charge is 0.481 e. The number of aromatic nitrogens is 2. The number of carbonyl (C=O) groups is 4. The highest BCUT2D eigenvalue weighted by Crippen LogP contribution is 2.40. The third-order valence-corrected chi connectivity index (χ3v) is 11.2. The zero-order chi connectivity index (χ0) is 38.3. The van der Waals surface area contributed by atoms with Gasteiger partial charge in [0.2, 0.25) is 0 Å². The normalized spacial score (nSPS) is 19.6. The molecule has 0 saturated heterocycles. The van der Waals surface area contributed by atoms with E-state index in [0.717, 1.165) is 44.1 Å². The van der Waals surface area contributed by atoms with Crippen LogP contribution < -0.4 is 10.6 Å². The summed E-state index contributed by atoms with van der Waals surface area (Å²) in [4.78, 5) is 55.1. The number of halogens is 2. The van der Waals surface area contributed by atoms with Gasteiger partial charge in [0.1, 0.15) is 11.4 Å². The topological polar surface area (TPSA) is 164 Å². The molecule has 0 fully saturated rings. The minimum atomic E-state index is -0.865. The highest BCUT2D eigenvalue weighted by atomic mass is 35.5. The summed E-state index contributed by atoms with van der Waals surface area (Å²) in [7, 11) is 0. The van der Waals surface area contributed by atoms with Crippen molar-refractivity contribution in [2.24, 2.45) is 11.8 Å². The molecule has 2 amide bonds. The Morgan fingerprint density at radius 3 is 1.39 bits per heavy atom. The molecule has 276 valence electrons. The zero-order valence-electron chi connectivity index (χ0n) is 29.4. The third kappa shape index (κ3) is 7.31. The molecule has 0 bridgehead atoms. The minimum absolute atomic E-state index is 0.247. The Morgan fingerprint density at radius 2 is 1.00 bits per heavy atom. The molecule has 8 rings (SSSR count). The molecule has 0 saturated carbocycles. The lowest BCUT2D eigenvalue weighted by Crippen LogP contribution is -2.41. The average molecular weight is 766 g/mol. The summed E-state index contributed by atoms with van der Waals surface area (Å²) in [6.45, 7) is 3.39. The van der Waals surface area contributed by atoms with Crippen molar-refractivity contribution in [3.8, 4) is 0 Å². The molecule has 4 aromatic carbocycles. The van der Waals surface area contributed by atoms with Gasteiger partial charge in [-0.2, -0.15) is 0 Å². The highest BCUT2D eigenvalue weighted by Gasteiger charge is 2.41. The minimum Gasteiger partial charge on any atom is -0.481 e. The zero-order valence-corrected chi connectivity index (χ0v) is 30.9. The maximum atomic E-state index is 12.8. The van der Waals surface area contributed by atoms with Gasteiger partial charge in [0, 0.05) is 55.8 Å². The number of carbonyl (C=O) groups excluding carboxylic acids is 2. The number of H-pyrrole nitrogens is 2. The third-order valence-electron chi connectivity index (χ3n) is 10.7. The first-order valence-corrected chi connectivity index (χ1v) is 18.4. The molecule has 0 spiro atoms. The van der Waals surface area contributed by atoms with Crippen LogP contribution in [-0.2, 0) is 22.4 Å². The molecule has 0 aliphatic heterocycles. The molecule has 2 unspecified atom stereocenters. The van der Waals surface area contributed by atoms with E-state index in [-0.39, 0.29) is 35.7 Å². The van der Waals surface area contributed by atoms with Crippen molar-refractivity contribution in [2.75, 3.05) is 0 Å². The smallest absolute Gasteiger partial charge is 0.306 e. The Labute approximate surface area is 320 Å². The van der Waals surface area contributed by atoms with Gasteiger partial charge in [-0.25, -0.2) is 0 Å². The van der Waals surface area contributed by atoms with Crippen LogP contribution in [0.1, 0.15) is 68.9 Å². The molecule has 2 aliphatic rings. The van der Waals surface area contributed by atoms with E-state index in [1.165, 1.54) is 0 Å². The van der Waals surface area contributed by atoms with E-state index in [1.54, 1.807) is 50.2 Å². The summed E-state index contributed by atoms with van der Waals surface area (Å²) in [6.07, 6.45) is 1.24. The van der Waals surface area contributed by atoms with Crippen LogP contribution in [0.2, 0.25) is 10.0 Å². The first-order valence-electron chi connectivity index (χ1n) is 17.7. The van der Waals surface area contributed by atoms with Crippen molar-refractivity contribution >= 4 is 68.8 Å². The standard InChI is InChI=1S/2C21H19ClN2O3/c2*1-11(21(26)27)19-15-5-3-2-4-12(15)9-17(19)24-20(25)18-10-13-8-14(22)6-7-16(13)23-18/h2*2-8,10-11,17,19,23H,9H2,1H3,(H,24,25)(H,26,27)/t2*11?,17-,19-/m11/s1. The Hall–Kier alpha value is -5.58. The quantitative estimate of drug-likeness (QED) is 0.0921. The van der Waals surface area contributed by atoms with Gasteiger partial charge < -0.3 is 30.8 Å². The second-order valence-corrected chi connectivity index (χ2v) is 15.0. The molecule has 10 nitrogen and oxygen atoms in total. The Bertz CT molecular complexity index is 2250. The first-order chi connectivity index (χ1) is 25.9. The maximum Gasteiger partial charge on any atom is 0.306 e. The number of benzene rings is 4. The molecule has 0 radical (unpaired) electrons. The van der Waals surface area contributed by atoms with E-state index in [4.69, 9.17) is 23.2 Å². The Kier molecular flexibility index (Phi) is 10.2. The van der Waals surface area contributed by atoms with Crippen molar-refractivity contribution in [3.05, 3.63) is 141 Å². The maximum absolute atomic E-state index is 12.8. The number of aliphatic carboxylic acids is 2. The van der Waals surface area contributed by atoms with E-state index in [2.05, 4.69) is 20.6 Å². The number of fused-ring (bicyclic) bond motifs is 4. The molecular formula is C42H38Cl2N4O6. The van der Waals surface area contributed by atoms with Gasteiger partial charge in [-0.1, -0.05) is 85.6 Å². The van der Waals surface area contributed by atoms with E-state index in [9.17, 15) is 29.4 Å². The number of nitrogens with one attached hydrogen (secondary N) is 4. The lowest BCUT2D eigenvalue weighted by Gasteiger charge is -2.25. The van der Waals surface area contributed by atoms with Gasteiger partial charge in [-0.15, -0.1) is 0 Å². The van der Waals surface area contributed by atoms with Crippen LogP contribution in [0.5, 0.6) is 0 Å². The number of amides is 2. The van der Waals surface area contributed by atoms with Gasteiger partial charge in [0.25, 0.3) is 11.8 Å². The van der Waals surface area contributed by atoms with Crippen LogP contribution in [0.15, 0.2) is 97.1 Å².